The quantitative estimate of drug-likeness (QED) is 0.869. The van der Waals surface area contributed by atoms with Gasteiger partial charge in [-0.3, -0.25) is 0 Å². The van der Waals surface area contributed by atoms with Crippen LogP contribution in [0.2, 0.25) is 0 Å². The largest absolute Gasteiger partial charge is 0.350 e. The minimum absolute atomic E-state index is 0.210. The second-order valence-corrected chi connectivity index (χ2v) is 6.31. The van der Waals surface area contributed by atoms with Crippen LogP contribution in [-0.2, 0) is 6.54 Å². The predicted molar refractivity (Wildman–Crippen MR) is 82.2 cm³/mol. The molecule has 1 N–H and O–H groups in total. The molecular formula is C16H18BrFN2. The Balaban J connectivity index is 1.76. The summed E-state index contributed by atoms with van der Waals surface area (Å²) in [5.74, 6) is 0.575. The lowest BCUT2D eigenvalue weighted by molar-refractivity contribution is 0.528. The molecule has 1 atom stereocenters. The molecule has 4 heteroatoms. The van der Waals surface area contributed by atoms with Crippen molar-refractivity contribution in [3.63, 3.8) is 0 Å². The van der Waals surface area contributed by atoms with Crippen molar-refractivity contribution in [2.24, 2.45) is 5.92 Å². The Bertz CT molecular complexity index is 604. The maximum absolute atomic E-state index is 13.1. The van der Waals surface area contributed by atoms with Crippen molar-refractivity contribution >= 4 is 15.9 Å². The summed E-state index contributed by atoms with van der Waals surface area (Å²) < 4.78 is 16.1. The molecule has 1 aromatic heterocycles. The van der Waals surface area contributed by atoms with Crippen molar-refractivity contribution in [1.29, 1.82) is 0 Å². The first-order valence-electron chi connectivity index (χ1n) is 6.94. The molecule has 0 radical (unpaired) electrons. The van der Waals surface area contributed by atoms with Gasteiger partial charge in [0.05, 0.1) is 0 Å². The van der Waals surface area contributed by atoms with Gasteiger partial charge in [0.1, 0.15) is 5.82 Å². The Kier molecular flexibility index (Phi) is 3.94. The van der Waals surface area contributed by atoms with E-state index in [2.05, 4.69) is 44.3 Å². The van der Waals surface area contributed by atoms with Crippen molar-refractivity contribution in [2.45, 2.75) is 25.4 Å². The highest BCUT2D eigenvalue weighted by molar-refractivity contribution is 9.10. The fourth-order valence-corrected chi connectivity index (χ4v) is 3.17. The molecule has 0 bridgehead atoms. The molecule has 1 saturated carbocycles. The average Bonchev–Trinajstić information content (AvgIpc) is 3.14. The number of rotatable bonds is 5. The smallest absolute Gasteiger partial charge is 0.124 e. The normalized spacial score (nSPS) is 16.4. The number of hydrogen-bond acceptors (Lipinski definition) is 1. The monoisotopic (exact) mass is 336 g/mol. The van der Waals surface area contributed by atoms with Crippen molar-refractivity contribution in [2.75, 3.05) is 7.05 Å². The second-order valence-electron chi connectivity index (χ2n) is 5.46. The van der Waals surface area contributed by atoms with Crippen LogP contribution in [0.15, 0.2) is 41.1 Å². The van der Waals surface area contributed by atoms with E-state index in [0.717, 1.165) is 22.5 Å². The zero-order valence-electron chi connectivity index (χ0n) is 11.4. The van der Waals surface area contributed by atoms with E-state index in [-0.39, 0.29) is 5.82 Å². The molecule has 2 aromatic rings. The Morgan fingerprint density at radius 3 is 2.85 bits per heavy atom. The maximum atomic E-state index is 13.1. The Morgan fingerprint density at radius 1 is 1.40 bits per heavy atom. The third-order valence-electron chi connectivity index (χ3n) is 3.90. The van der Waals surface area contributed by atoms with Crippen LogP contribution in [0.1, 0.15) is 30.0 Å². The maximum Gasteiger partial charge on any atom is 0.124 e. The van der Waals surface area contributed by atoms with Crippen LogP contribution >= 0.6 is 15.9 Å². The number of halogens is 2. The van der Waals surface area contributed by atoms with E-state index in [1.807, 2.05) is 13.1 Å². The van der Waals surface area contributed by atoms with Crippen LogP contribution in [0.25, 0.3) is 0 Å². The molecule has 1 aliphatic rings. The summed E-state index contributed by atoms with van der Waals surface area (Å²) in [6.07, 6.45) is 6.92. The zero-order chi connectivity index (χ0) is 14.1. The molecule has 1 fully saturated rings. The van der Waals surface area contributed by atoms with E-state index < -0.39 is 0 Å². The average molecular weight is 337 g/mol. The lowest BCUT2D eigenvalue weighted by atomic mass is 10.1. The van der Waals surface area contributed by atoms with Gasteiger partial charge in [-0.05, 0) is 55.1 Å². The highest BCUT2D eigenvalue weighted by Gasteiger charge is 2.31. The summed E-state index contributed by atoms with van der Waals surface area (Å²) in [5.41, 5.74) is 2.43. The summed E-state index contributed by atoms with van der Waals surface area (Å²) in [5, 5.41) is 3.40. The van der Waals surface area contributed by atoms with E-state index in [9.17, 15) is 4.39 Å². The van der Waals surface area contributed by atoms with E-state index in [4.69, 9.17) is 0 Å². The first-order valence-corrected chi connectivity index (χ1v) is 7.73. The molecule has 1 unspecified atom stereocenters. The van der Waals surface area contributed by atoms with Gasteiger partial charge in [-0.15, -0.1) is 0 Å². The third-order valence-corrected chi connectivity index (χ3v) is 4.64. The van der Waals surface area contributed by atoms with Gasteiger partial charge in [-0.25, -0.2) is 4.39 Å². The van der Waals surface area contributed by atoms with Crippen LogP contribution in [0.3, 0.4) is 0 Å². The molecule has 1 heterocycles. The predicted octanol–water partition coefficient (Wildman–Crippen LogP) is 4.11. The zero-order valence-corrected chi connectivity index (χ0v) is 13.0. The Hall–Kier alpha value is -1.13. The van der Waals surface area contributed by atoms with Crippen LogP contribution < -0.4 is 5.32 Å². The standard InChI is InChI=1S/C16H18BrFN2/c1-19-16(11-2-3-11)13-6-7-20(10-13)9-12-4-5-14(18)8-15(12)17/h4-8,10-11,16,19H,2-3,9H2,1H3. The molecule has 2 nitrogen and oxygen atoms in total. The fraction of sp³-hybridized carbons (Fsp3) is 0.375. The number of nitrogens with zero attached hydrogens (tertiary/aromatic N) is 1. The Morgan fingerprint density at radius 2 is 2.20 bits per heavy atom. The van der Waals surface area contributed by atoms with Crippen LogP contribution in [0, 0.1) is 11.7 Å². The van der Waals surface area contributed by atoms with Gasteiger partial charge in [0.25, 0.3) is 0 Å². The number of hydrogen-bond donors (Lipinski definition) is 1. The highest BCUT2D eigenvalue weighted by Crippen LogP contribution is 2.40. The van der Waals surface area contributed by atoms with Crippen molar-refractivity contribution in [3.8, 4) is 0 Å². The summed E-state index contributed by atoms with van der Waals surface area (Å²) in [6.45, 7) is 0.752. The molecule has 106 valence electrons. The summed E-state index contributed by atoms with van der Waals surface area (Å²) >= 11 is 3.42. The highest BCUT2D eigenvalue weighted by atomic mass is 79.9. The summed E-state index contributed by atoms with van der Waals surface area (Å²) in [6, 6.07) is 7.49. The van der Waals surface area contributed by atoms with Crippen molar-refractivity contribution in [1.82, 2.24) is 9.88 Å². The van der Waals surface area contributed by atoms with Crippen molar-refractivity contribution < 1.29 is 4.39 Å². The van der Waals surface area contributed by atoms with Crippen LogP contribution in [0.4, 0.5) is 4.39 Å². The third kappa shape index (κ3) is 2.96. The number of benzene rings is 1. The van der Waals surface area contributed by atoms with E-state index in [1.165, 1.54) is 30.5 Å². The molecular weight excluding hydrogens is 319 g/mol. The SMILES string of the molecule is CNC(c1ccn(Cc2ccc(F)cc2Br)c1)C1CC1. The first-order chi connectivity index (χ1) is 9.67. The molecule has 0 amide bonds. The van der Waals surface area contributed by atoms with E-state index in [1.54, 1.807) is 0 Å². The van der Waals surface area contributed by atoms with Crippen molar-refractivity contribution in [3.05, 3.63) is 58.1 Å². The van der Waals surface area contributed by atoms with Gasteiger partial charge in [0.15, 0.2) is 0 Å². The number of aromatic nitrogens is 1. The fourth-order valence-electron chi connectivity index (χ4n) is 2.69. The van der Waals surface area contributed by atoms with Gasteiger partial charge in [-0.1, -0.05) is 22.0 Å². The first kappa shape index (κ1) is 13.8. The minimum atomic E-state index is -0.210. The molecule has 1 aromatic carbocycles. The van der Waals surface area contributed by atoms with Gasteiger partial charge in [0.2, 0.25) is 0 Å². The van der Waals surface area contributed by atoms with Crippen LogP contribution in [-0.4, -0.2) is 11.6 Å². The molecule has 0 aliphatic heterocycles. The lowest BCUT2D eigenvalue weighted by Crippen LogP contribution is -2.17. The van der Waals surface area contributed by atoms with Gasteiger partial charge in [0, 0.05) is 29.5 Å². The van der Waals surface area contributed by atoms with E-state index >= 15 is 0 Å². The topological polar surface area (TPSA) is 17.0 Å². The molecule has 20 heavy (non-hydrogen) atoms. The summed E-state index contributed by atoms with van der Waals surface area (Å²) in [7, 11) is 2.02. The molecule has 3 rings (SSSR count). The second kappa shape index (κ2) is 5.70. The van der Waals surface area contributed by atoms with Gasteiger partial charge < -0.3 is 9.88 Å². The number of nitrogens with one attached hydrogen (secondary N) is 1. The summed E-state index contributed by atoms with van der Waals surface area (Å²) in [4.78, 5) is 0. The van der Waals surface area contributed by atoms with Gasteiger partial charge >= 0.3 is 0 Å². The molecule has 0 spiro atoms. The van der Waals surface area contributed by atoms with Gasteiger partial charge in [-0.2, -0.15) is 0 Å². The molecule has 1 aliphatic carbocycles. The Labute approximate surface area is 127 Å². The van der Waals surface area contributed by atoms with Crippen LogP contribution in [0.5, 0.6) is 0 Å². The minimum Gasteiger partial charge on any atom is -0.350 e. The van der Waals surface area contributed by atoms with E-state index in [0.29, 0.717) is 6.04 Å². The molecule has 0 saturated heterocycles. The lowest BCUT2D eigenvalue weighted by Gasteiger charge is -2.13.